The summed E-state index contributed by atoms with van der Waals surface area (Å²) in [5.74, 6) is -0.644. The molecule has 9 heteroatoms. The number of hydrogen-bond donors (Lipinski definition) is 1. The van der Waals surface area contributed by atoms with E-state index in [9.17, 15) is 18.8 Å². The number of likely N-dealkylation sites (tertiary alicyclic amines) is 1. The second-order valence-corrected chi connectivity index (χ2v) is 11.1. The van der Waals surface area contributed by atoms with E-state index in [1.54, 1.807) is 26.1 Å². The monoisotopic (exact) mass is 609 g/mol. The molecule has 0 saturated carbocycles. The summed E-state index contributed by atoms with van der Waals surface area (Å²) < 4.78 is 20.7. The smallest absolute Gasteiger partial charge is 0.312 e. The molecule has 3 amide bonds. The largest absolute Gasteiger partial charge is 0.457 e. The van der Waals surface area contributed by atoms with Gasteiger partial charge in [-0.1, -0.05) is 51.8 Å². The Morgan fingerprint density at radius 3 is 2.40 bits per heavy atom. The lowest BCUT2D eigenvalue weighted by atomic mass is 9.95. The van der Waals surface area contributed by atoms with Crippen LogP contribution in [0.15, 0.2) is 65.1 Å². The molecule has 0 spiro atoms. The molecule has 7 nitrogen and oxygen atoms in total. The zero-order valence-electron chi connectivity index (χ0n) is 22.9. The standard InChI is InChI=1S/C31H33BrFN3O4/c1-20-4-10-26(11-5-20)40-28-17-25(32)9-8-24(28)19-35(3)30(38)31(39)36-14-12-23(13-15-36)29(37)34-18-22-7-6-21(2)27(33)16-22/h4-11,16-17,23H,12-15,18-19H2,1-3H3,(H,34,37). The van der Waals surface area contributed by atoms with Crippen molar-refractivity contribution in [1.82, 2.24) is 15.1 Å². The molecule has 0 unspecified atom stereocenters. The van der Waals surface area contributed by atoms with E-state index in [-0.39, 0.29) is 30.7 Å². The lowest BCUT2D eigenvalue weighted by Crippen LogP contribution is -2.48. The Kier molecular flexibility index (Phi) is 9.58. The van der Waals surface area contributed by atoms with E-state index in [4.69, 9.17) is 4.74 Å². The van der Waals surface area contributed by atoms with Crippen molar-refractivity contribution in [2.45, 2.75) is 39.8 Å². The fraction of sp³-hybridized carbons (Fsp3) is 0.323. The van der Waals surface area contributed by atoms with Crippen LogP contribution in [0.5, 0.6) is 11.5 Å². The van der Waals surface area contributed by atoms with Crippen molar-refractivity contribution < 1.29 is 23.5 Å². The van der Waals surface area contributed by atoms with E-state index < -0.39 is 11.8 Å². The van der Waals surface area contributed by atoms with E-state index in [1.165, 1.54) is 15.9 Å². The lowest BCUT2D eigenvalue weighted by Gasteiger charge is -2.32. The lowest BCUT2D eigenvalue weighted by molar-refractivity contribution is -0.152. The highest BCUT2D eigenvalue weighted by molar-refractivity contribution is 9.10. The van der Waals surface area contributed by atoms with E-state index in [2.05, 4.69) is 21.2 Å². The summed E-state index contributed by atoms with van der Waals surface area (Å²) in [5.41, 5.74) is 3.13. The highest BCUT2D eigenvalue weighted by Crippen LogP contribution is 2.30. The Morgan fingerprint density at radius 1 is 1.02 bits per heavy atom. The summed E-state index contributed by atoms with van der Waals surface area (Å²) in [5, 5.41) is 2.86. The second kappa shape index (κ2) is 13.1. The first-order chi connectivity index (χ1) is 19.1. The van der Waals surface area contributed by atoms with Crippen LogP contribution in [0.1, 0.15) is 35.1 Å². The molecule has 0 aliphatic carbocycles. The molecule has 1 fully saturated rings. The highest BCUT2D eigenvalue weighted by atomic mass is 79.9. The number of benzene rings is 3. The first-order valence-electron chi connectivity index (χ1n) is 13.2. The number of piperidine rings is 1. The van der Waals surface area contributed by atoms with Crippen LogP contribution >= 0.6 is 15.9 Å². The zero-order chi connectivity index (χ0) is 28.8. The van der Waals surface area contributed by atoms with Gasteiger partial charge in [-0.3, -0.25) is 14.4 Å². The summed E-state index contributed by atoms with van der Waals surface area (Å²) in [6.45, 7) is 4.75. The Labute approximate surface area is 242 Å². The maximum Gasteiger partial charge on any atom is 0.312 e. The van der Waals surface area contributed by atoms with Gasteiger partial charge >= 0.3 is 11.8 Å². The van der Waals surface area contributed by atoms with E-state index in [0.29, 0.717) is 48.6 Å². The van der Waals surface area contributed by atoms with Gasteiger partial charge in [0.25, 0.3) is 0 Å². The molecule has 40 heavy (non-hydrogen) atoms. The van der Waals surface area contributed by atoms with Crippen LogP contribution in [-0.2, 0) is 27.5 Å². The summed E-state index contributed by atoms with van der Waals surface area (Å²) in [6.07, 6.45) is 0.913. The Bertz CT molecular complexity index is 1390. The molecule has 4 rings (SSSR count). The predicted molar refractivity (Wildman–Crippen MR) is 154 cm³/mol. The van der Waals surface area contributed by atoms with Crippen LogP contribution < -0.4 is 10.1 Å². The maximum absolute atomic E-state index is 13.8. The van der Waals surface area contributed by atoms with Gasteiger partial charge in [-0.05, 0) is 68.1 Å². The van der Waals surface area contributed by atoms with Crippen molar-refractivity contribution in [2.24, 2.45) is 5.92 Å². The number of carbonyl (C=O) groups excluding carboxylic acids is 3. The molecule has 3 aromatic rings. The van der Waals surface area contributed by atoms with Crippen molar-refractivity contribution in [1.29, 1.82) is 0 Å². The van der Waals surface area contributed by atoms with Crippen molar-refractivity contribution >= 4 is 33.7 Å². The topological polar surface area (TPSA) is 79.0 Å². The number of nitrogens with one attached hydrogen (secondary N) is 1. The number of halogens is 2. The van der Waals surface area contributed by atoms with Crippen LogP contribution in [0.3, 0.4) is 0 Å². The molecule has 0 radical (unpaired) electrons. The van der Waals surface area contributed by atoms with E-state index in [1.807, 2.05) is 49.4 Å². The molecular weight excluding hydrogens is 577 g/mol. The normalized spacial score (nSPS) is 13.6. The molecule has 1 aliphatic rings. The van der Waals surface area contributed by atoms with Gasteiger partial charge in [-0.15, -0.1) is 0 Å². The van der Waals surface area contributed by atoms with Crippen LogP contribution in [0.25, 0.3) is 0 Å². The van der Waals surface area contributed by atoms with E-state index in [0.717, 1.165) is 15.6 Å². The van der Waals surface area contributed by atoms with Gasteiger partial charge in [0.1, 0.15) is 17.3 Å². The number of nitrogens with zero attached hydrogens (tertiary/aromatic N) is 2. The maximum atomic E-state index is 13.8. The number of aryl methyl sites for hydroxylation is 2. The Balaban J connectivity index is 1.29. The predicted octanol–water partition coefficient (Wildman–Crippen LogP) is 5.51. The minimum Gasteiger partial charge on any atom is -0.457 e. The average Bonchev–Trinajstić information content (AvgIpc) is 2.95. The van der Waals surface area contributed by atoms with Crippen LogP contribution in [0.4, 0.5) is 4.39 Å². The molecular formula is C31H33BrFN3O4. The van der Waals surface area contributed by atoms with E-state index >= 15 is 0 Å². The Morgan fingerprint density at radius 2 is 1.73 bits per heavy atom. The van der Waals surface area contributed by atoms with Gasteiger partial charge in [0.15, 0.2) is 0 Å². The number of likely N-dealkylation sites (N-methyl/N-ethyl adjacent to an activating group) is 1. The first-order valence-corrected chi connectivity index (χ1v) is 14.0. The van der Waals surface area contributed by atoms with Crippen molar-refractivity contribution in [3.05, 3.63) is 93.2 Å². The average molecular weight is 611 g/mol. The Hall–Kier alpha value is -3.72. The van der Waals surface area contributed by atoms with Gasteiger partial charge in [0, 0.05) is 49.2 Å². The van der Waals surface area contributed by atoms with Gasteiger partial charge in [-0.25, -0.2) is 4.39 Å². The summed E-state index contributed by atoms with van der Waals surface area (Å²) in [6, 6.07) is 18.1. The quantitative estimate of drug-likeness (QED) is 0.358. The molecule has 0 aromatic heterocycles. The molecule has 0 atom stereocenters. The van der Waals surface area contributed by atoms with Crippen molar-refractivity contribution in [2.75, 3.05) is 20.1 Å². The van der Waals surface area contributed by atoms with Gasteiger partial charge in [0.2, 0.25) is 5.91 Å². The van der Waals surface area contributed by atoms with Crippen molar-refractivity contribution in [3.63, 3.8) is 0 Å². The fourth-order valence-corrected chi connectivity index (χ4v) is 4.88. The molecule has 0 bridgehead atoms. The molecule has 210 valence electrons. The zero-order valence-corrected chi connectivity index (χ0v) is 24.5. The van der Waals surface area contributed by atoms with Crippen LogP contribution in [-0.4, -0.2) is 47.7 Å². The molecule has 3 aromatic carbocycles. The molecule has 1 saturated heterocycles. The van der Waals surface area contributed by atoms with Crippen molar-refractivity contribution in [3.8, 4) is 11.5 Å². The minimum absolute atomic E-state index is 0.132. The number of carbonyl (C=O) groups is 3. The number of hydrogen-bond acceptors (Lipinski definition) is 4. The SMILES string of the molecule is Cc1ccc(Oc2cc(Br)ccc2CN(C)C(=O)C(=O)N2CCC(C(=O)NCc3ccc(C)c(F)c3)CC2)cc1. The van der Waals surface area contributed by atoms with Crippen LogP contribution in [0.2, 0.25) is 0 Å². The molecule has 1 N–H and O–H groups in total. The highest BCUT2D eigenvalue weighted by Gasteiger charge is 2.31. The molecule has 1 aliphatic heterocycles. The van der Waals surface area contributed by atoms with Crippen LogP contribution in [0, 0.1) is 25.6 Å². The minimum atomic E-state index is -0.617. The van der Waals surface area contributed by atoms with Gasteiger partial charge in [-0.2, -0.15) is 0 Å². The molecule has 1 heterocycles. The first kappa shape index (κ1) is 29.3. The third-order valence-corrected chi connectivity index (χ3v) is 7.56. The number of ether oxygens (including phenoxy) is 1. The fourth-order valence-electron chi connectivity index (χ4n) is 4.54. The number of amides is 3. The summed E-state index contributed by atoms with van der Waals surface area (Å²) >= 11 is 3.47. The van der Waals surface area contributed by atoms with Gasteiger partial charge < -0.3 is 19.9 Å². The van der Waals surface area contributed by atoms with Gasteiger partial charge in [0.05, 0.1) is 0 Å². The summed E-state index contributed by atoms with van der Waals surface area (Å²) in [4.78, 5) is 41.6. The third kappa shape index (κ3) is 7.47. The number of rotatable bonds is 7. The second-order valence-electron chi connectivity index (χ2n) is 10.2. The third-order valence-electron chi connectivity index (χ3n) is 7.07. The summed E-state index contributed by atoms with van der Waals surface area (Å²) in [7, 11) is 1.59.